The molecule has 26 heavy (non-hydrogen) atoms. The van der Waals surface area contributed by atoms with E-state index in [1.807, 2.05) is 13.0 Å². The Balaban J connectivity index is 1.69. The van der Waals surface area contributed by atoms with Gasteiger partial charge in [0.25, 0.3) is 0 Å². The molecule has 3 heteroatoms. The van der Waals surface area contributed by atoms with Crippen molar-refractivity contribution < 1.29 is 14.3 Å². The van der Waals surface area contributed by atoms with Crippen molar-refractivity contribution >= 4 is 11.6 Å². The second kappa shape index (κ2) is 6.02. The average molecular weight is 359 g/mol. The molecule has 0 radical (unpaired) electrons. The van der Waals surface area contributed by atoms with Crippen molar-refractivity contribution in [3.05, 3.63) is 11.6 Å². The van der Waals surface area contributed by atoms with E-state index >= 15 is 0 Å². The van der Waals surface area contributed by atoms with Gasteiger partial charge in [0.05, 0.1) is 0 Å². The number of hydrogen-bond donors (Lipinski definition) is 0. The summed E-state index contributed by atoms with van der Waals surface area (Å²) in [5.74, 6) is 2.47. The van der Waals surface area contributed by atoms with Gasteiger partial charge in [-0.15, -0.1) is 0 Å². The van der Waals surface area contributed by atoms with Crippen molar-refractivity contribution in [2.45, 2.75) is 84.7 Å². The van der Waals surface area contributed by atoms with Crippen molar-refractivity contribution in [1.82, 2.24) is 0 Å². The third-order valence-electron chi connectivity index (χ3n) is 9.04. The van der Waals surface area contributed by atoms with Gasteiger partial charge in [-0.2, -0.15) is 0 Å². The average Bonchev–Trinajstić information content (AvgIpc) is 2.90. The van der Waals surface area contributed by atoms with Crippen molar-refractivity contribution in [2.24, 2.45) is 28.6 Å². The Morgan fingerprint density at radius 3 is 2.54 bits per heavy atom. The molecule has 4 aliphatic rings. The minimum Gasteiger partial charge on any atom is -0.367 e. The molecule has 3 saturated carbocycles. The first-order valence-corrected chi connectivity index (χ1v) is 10.7. The maximum atomic E-state index is 12.7. The molecule has 0 saturated heterocycles. The molecule has 144 valence electrons. The van der Waals surface area contributed by atoms with Gasteiger partial charge in [0.2, 0.25) is 0 Å². The topological polar surface area (TPSA) is 43.4 Å². The predicted molar refractivity (Wildman–Crippen MR) is 102 cm³/mol. The molecule has 6 atom stereocenters. The molecule has 0 bridgehead atoms. The molecule has 0 aromatic rings. The first-order valence-electron chi connectivity index (χ1n) is 10.7. The lowest BCUT2D eigenvalue weighted by Crippen LogP contribution is -2.58. The third-order valence-corrected chi connectivity index (χ3v) is 9.04. The Morgan fingerprint density at radius 2 is 1.85 bits per heavy atom. The van der Waals surface area contributed by atoms with Crippen LogP contribution in [0.1, 0.15) is 79.1 Å². The summed E-state index contributed by atoms with van der Waals surface area (Å²) in [7, 11) is 0. The van der Waals surface area contributed by atoms with E-state index < -0.39 is 5.60 Å². The van der Waals surface area contributed by atoms with Crippen LogP contribution in [0.3, 0.4) is 0 Å². The molecule has 0 spiro atoms. The Morgan fingerprint density at radius 1 is 1.12 bits per heavy atom. The molecule has 0 heterocycles. The SMILES string of the molecule is CCO[C@]1(C(C)=O)CC[C@H]2[C@@H]3CCC4=CC(=O)CC[C@@]4(C)[C@@H]3CC[C@@]21C. The van der Waals surface area contributed by atoms with Crippen LogP contribution in [0.15, 0.2) is 11.6 Å². The van der Waals surface area contributed by atoms with Crippen LogP contribution < -0.4 is 0 Å². The van der Waals surface area contributed by atoms with Gasteiger partial charge >= 0.3 is 0 Å². The third kappa shape index (κ3) is 2.22. The van der Waals surface area contributed by atoms with E-state index in [4.69, 9.17) is 4.74 Å². The lowest BCUT2D eigenvalue weighted by molar-refractivity contribution is -0.174. The number of hydrogen-bond acceptors (Lipinski definition) is 3. The maximum absolute atomic E-state index is 12.7. The molecule has 0 N–H and O–H groups in total. The summed E-state index contributed by atoms with van der Waals surface area (Å²) in [4.78, 5) is 24.7. The summed E-state index contributed by atoms with van der Waals surface area (Å²) in [6.45, 7) is 9.13. The Hall–Kier alpha value is -0.960. The summed E-state index contributed by atoms with van der Waals surface area (Å²) >= 11 is 0. The van der Waals surface area contributed by atoms with E-state index in [0.717, 1.165) is 32.1 Å². The van der Waals surface area contributed by atoms with Crippen molar-refractivity contribution in [3.63, 3.8) is 0 Å². The van der Waals surface area contributed by atoms with Crippen LogP contribution in [0.4, 0.5) is 0 Å². The van der Waals surface area contributed by atoms with Crippen LogP contribution in [-0.2, 0) is 14.3 Å². The summed E-state index contributed by atoms with van der Waals surface area (Å²) in [6, 6.07) is 0. The summed E-state index contributed by atoms with van der Waals surface area (Å²) in [5, 5.41) is 0. The van der Waals surface area contributed by atoms with E-state index in [0.29, 0.717) is 36.6 Å². The first-order chi connectivity index (χ1) is 12.3. The van der Waals surface area contributed by atoms with Gasteiger partial charge in [0.15, 0.2) is 11.6 Å². The molecule has 4 aliphatic carbocycles. The number of ether oxygens (including phenoxy) is 1. The van der Waals surface area contributed by atoms with Crippen molar-refractivity contribution in [1.29, 1.82) is 0 Å². The minimum atomic E-state index is -0.572. The number of carbonyl (C=O) groups excluding carboxylic acids is 2. The molecule has 3 fully saturated rings. The molecule has 0 aliphatic heterocycles. The van der Waals surface area contributed by atoms with Gasteiger partial charge < -0.3 is 4.74 Å². The highest BCUT2D eigenvalue weighted by Crippen LogP contribution is 2.68. The molecule has 0 aromatic carbocycles. The fraction of sp³-hybridized carbons (Fsp3) is 0.826. The number of ketones is 2. The van der Waals surface area contributed by atoms with Crippen molar-refractivity contribution in [3.8, 4) is 0 Å². The van der Waals surface area contributed by atoms with E-state index in [2.05, 4.69) is 13.8 Å². The molecular formula is C23H34O3. The van der Waals surface area contributed by atoms with Crippen LogP contribution in [-0.4, -0.2) is 23.8 Å². The van der Waals surface area contributed by atoms with Crippen LogP contribution in [0.25, 0.3) is 0 Å². The van der Waals surface area contributed by atoms with Gasteiger partial charge in [-0.3, -0.25) is 9.59 Å². The molecule has 0 unspecified atom stereocenters. The lowest BCUT2D eigenvalue weighted by atomic mass is 9.46. The second-order valence-corrected chi connectivity index (χ2v) is 9.78. The summed E-state index contributed by atoms with van der Waals surface area (Å²) < 4.78 is 6.24. The molecule has 4 rings (SSSR count). The summed E-state index contributed by atoms with van der Waals surface area (Å²) in [5.41, 5.74) is 1.01. The normalized spacial score (nSPS) is 47.6. The number of carbonyl (C=O) groups is 2. The van der Waals surface area contributed by atoms with E-state index in [-0.39, 0.29) is 16.6 Å². The fourth-order valence-electron chi connectivity index (χ4n) is 7.72. The van der Waals surface area contributed by atoms with Crippen LogP contribution in [0.5, 0.6) is 0 Å². The van der Waals surface area contributed by atoms with Crippen LogP contribution in [0.2, 0.25) is 0 Å². The molecule has 0 amide bonds. The van der Waals surface area contributed by atoms with E-state index in [9.17, 15) is 9.59 Å². The van der Waals surface area contributed by atoms with Crippen LogP contribution >= 0.6 is 0 Å². The fourth-order valence-corrected chi connectivity index (χ4v) is 7.72. The monoisotopic (exact) mass is 358 g/mol. The first kappa shape index (κ1) is 18.4. The number of allylic oxidation sites excluding steroid dienone is 1. The van der Waals surface area contributed by atoms with E-state index in [1.54, 1.807) is 6.92 Å². The Labute approximate surface area is 157 Å². The Bertz CT molecular complexity index is 664. The quantitative estimate of drug-likeness (QED) is 0.722. The molecule has 0 aromatic heterocycles. The number of rotatable bonds is 3. The number of fused-ring (bicyclic) bond motifs is 5. The van der Waals surface area contributed by atoms with Gasteiger partial charge in [0, 0.05) is 18.4 Å². The second-order valence-electron chi connectivity index (χ2n) is 9.78. The van der Waals surface area contributed by atoms with E-state index in [1.165, 1.54) is 18.4 Å². The van der Waals surface area contributed by atoms with Gasteiger partial charge in [-0.25, -0.2) is 0 Å². The smallest absolute Gasteiger partial charge is 0.162 e. The maximum Gasteiger partial charge on any atom is 0.162 e. The highest BCUT2D eigenvalue weighted by Gasteiger charge is 2.66. The lowest BCUT2D eigenvalue weighted by Gasteiger charge is -2.59. The minimum absolute atomic E-state index is 0.0297. The highest BCUT2D eigenvalue weighted by atomic mass is 16.5. The zero-order valence-electron chi connectivity index (χ0n) is 16.9. The standard InChI is InChI=1S/C23H34O3/c1-5-26-23(15(2)24)13-10-20-18-7-6-16-14-17(25)8-11-21(16,3)19(18)9-12-22(20,23)4/h14,18-20H,5-13H2,1-4H3/t18-,19-,20+,21-,22+,23+/m1/s1. The van der Waals surface area contributed by atoms with Gasteiger partial charge in [0.1, 0.15) is 5.60 Å². The van der Waals surface area contributed by atoms with Crippen LogP contribution in [0, 0.1) is 28.6 Å². The molecular weight excluding hydrogens is 324 g/mol. The van der Waals surface area contributed by atoms with Gasteiger partial charge in [-0.1, -0.05) is 19.4 Å². The largest absolute Gasteiger partial charge is 0.367 e. The zero-order chi connectivity index (χ0) is 18.7. The van der Waals surface area contributed by atoms with Crippen molar-refractivity contribution in [2.75, 3.05) is 6.61 Å². The Kier molecular flexibility index (Phi) is 4.26. The molecule has 3 nitrogen and oxygen atoms in total. The highest BCUT2D eigenvalue weighted by molar-refractivity contribution is 5.91. The predicted octanol–water partition coefficient (Wildman–Crippen LogP) is 4.88. The zero-order valence-corrected chi connectivity index (χ0v) is 16.9. The number of Topliss-reactive ketones (excluding diaryl/α,β-unsaturated/α-hetero) is 1. The van der Waals surface area contributed by atoms with Gasteiger partial charge in [-0.05, 0) is 88.0 Å². The summed E-state index contributed by atoms with van der Waals surface area (Å²) in [6.07, 6.45) is 10.2.